The number of ether oxygens (including phenoxy) is 5. The second-order valence-electron chi connectivity index (χ2n) is 8.29. The molecule has 0 aromatic rings. The number of rotatable bonds is 4. The summed E-state index contributed by atoms with van der Waals surface area (Å²) in [6.45, 7) is 4.44. The standard InChI is InChI=1S/C18H32O13/c1-4-7(19)8(20)12(24)17(28-4)31-15-6(3)29-18(13(25)10(15)22)30-14-5(2)27-16(26)11(23)9(14)21/h4-26H,1-3H3/t4-,5-,6-,7+,8+,9-,10-,11-,12-,13-,14+,15+,16?,17-,18-/m0/s1. The summed E-state index contributed by atoms with van der Waals surface area (Å²) in [6.07, 6.45) is -20.4. The van der Waals surface area contributed by atoms with Gasteiger partial charge in [-0.25, -0.2) is 0 Å². The van der Waals surface area contributed by atoms with Crippen molar-refractivity contribution in [1.82, 2.24) is 0 Å². The maximum atomic E-state index is 10.6. The fourth-order valence-corrected chi connectivity index (χ4v) is 3.95. The van der Waals surface area contributed by atoms with Crippen molar-refractivity contribution in [1.29, 1.82) is 0 Å². The topological polar surface area (TPSA) is 208 Å². The lowest BCUT2D eigenvalue weighted by molar-refractivity contribution is -0.370. The third-order valence-electron chi connectivity index (χ3n) is 5.96. The molecule has 15 atom stereocenters. The molecule has 3 saturated heterocycles. The van der Waals surface area contributed by atoms with Crippen LogP contribution in [-0.4, -0.2) is 133 Å². The first kappa shape index (κ1) is 25.1. The molecule has 0 radical (unpaired) electrons. The summed E-state index contributed by atoms with van der Waals surface area (Å²) in [5.41, 5.74) is 0. The fourth-order valence-electron chi connectivity index (χ4n) is 3.95. The molecule has 0 aliphatic carbocycles. The van der Waals surface area contributed by atoms with Gasteiger partial charge in [-0.1, -0.05) is 0 Å². The molecule has 1 unspecified atom stereocenters. The monoisotopic (exact) mass is 456 g/mol. The molecular formula is C18H32O13. The van der Waals surface area contributed by atoms with E-state index in [0.717, 1.165) is 0 Å². The Kier molecular flexibility index (Phi) is 7.91. The molecule has 0 amide bonds. The Hall–Kier alpha value is -0.520. The smallest absolute Gasteiger partial charge is 0.187 e. The van der Waals surface area contributed by atoms with Gasteiger partial charge in [0.25, 0.3) is 0 Å². The predicted octanol–water partition coefficient (Wildman–Crippen LogP) is -4.49. The average molecular weight is 456 g/mol. The van der Waals surface area contributed by atoms with Crippen molar-refractivity contribution in [2.45, 2.75) is 113 Å². The zero-order valence-electron chi connectivity index (χ0n) is 17.3. The third-order valence-corrected chi connectivity index (χ3v) is 5.96. The Morgan fingerprint density at radius 2 is 0.871 bits per heavy atom. The number of hydrogen-bond donors (Lipinski definition) is 8. The minimum Gasteiger partial charge on any atom is -0.388 e. The lowest BCUT2D eigenvalue weighted by atomic mass is 9.96. The van der Waals surface area contributed by atoms with Crippen molar-refractivity contribution in [2.24, 2.45) is 0 Å². The summed E-state index contributed by atoms with van der Waals surface area (Å²) in [6, 6.07) is 0. The van der Waals surface area contributed by atoms with Gasteiger partial charge in [0.15, 0.2) is 18.9 Å². The predicted molar refractivity (Wildman–Crippen MR) is 97.0 cm³/mol. The van der Waals surface area contributed by atoms with Crippen LogP contribution in [0.3, 0.4) is 0 Å². The molecule has 3 aliphatic heterocycles. The molecule has 3 fully saturated rings. The second kappa shape index (κ2) is 9.77. The SMILES string of the molecule is C[C@@H]1O[C@@H](O[C@H]2[C@@H](O)[C@H](O)[C@H](O[C@H]3[C@@H](O)[C@H](O)C(O)O[C@H]3C)O[C@H]2C)[C@@H](O)[C@H](O)[C@@H]1O. The van der Waals surface area contributed by atoms with E-state index in [-0.39, 0.29) is 0 Å². The van der Waals surface area contributed by atoms with E-state index in [0.29, 0.717) is 0 Å². The van der Waals surface area contributed by atoms with Gasteiger partial charge >= 0.3 is 0 Å². The maximum absolute atomic E-state index is 10.6. The van der Waals surface area contributed by atoms with Gasteiger partial charge in [0, 0.05) is 0 Å². The van der Waals surface area contributed by atoms with E-state index in [1.807, 2.05) is 0 Å². The Labute approximate surface area is 178 Å². The number of hydrogen-bond acceptors (Lipinski definition) is 13. The zero-order chi connectivity index (χ0) is 23.2. The highest BCUT2D eigenvalue weighted by Gasteiger charge is 2.51. The van der Waals surface area contributed by atoms with Crippen molar-refractivity contribution in [3.63, 3.8) is 0 Å². The van der Waals surface area contributed by atoms with Crippen molar-refractivity contribution < 1.29 is 64.5 Å². The van der Waals surface area contributed by atoms with Crippen LogP contribution in [0, 0.1) is 0 Å². The molecule has 31 heavy (non-hydrogen) atoms. The molecule has 182 valence electrons. The molecule has 3 heterocycles. The molecule has 13 nitrogen and oxygen atoms in total. The zero-order valence-corrected chi connectivity index (χ0v) is 17.3. The Bertz CT molecular complexity index is 595. The molecule has 8 N–H and O–H groups in total. The van der Waals surface area contributed by atoms with Crippen LogP contribution >= 0.6 is 0 Å². The summed E-state index contributed by atoms with van der Waals surface area (Å²) >= 11 is 0. The van der Waals surface area contributed by atoms with E-state index >= 15 is 0 Å². The highest BCUT2D eigenvalue weighted by atomic mass is 16.7. The molecular weight excluding hydrogens is 424 g/mol. The van der Waals surface area contributed by atoms with Gasteiger partial charge < -0.3 is 64.5 Å². The summed E-state index contributed by atoms with van der Waals surface area (Å²) in [4.78, 5) is 0. The molecule has 0 saturated carbocycles. The van der Waals surface area contributed by atoms with Gasteiger partial charge in [-0.15, -0.1) is 0 Å². The summed E-state index contributed by atoms with van der Waals surface area (Å²) in [5, 5.41) is 80.4. The van der Waals surface area contributed by atoms with Gasteiger partial charge in [0.2, 0.25) is 0 Å². The summed E-state index contributed by atoms with van der Waals surface area (Å²) < 4.78 is 27.1. The van der Waals surface area contributed by atoms with Crippen LogP contribution in [0.15, 0.2) is 0 Å². The molecule has 0 spiro atoms. The first-order chi connectivity index (χ1) is 14.4. The molecule has 0 bridgehead atoms. The van der Waals surface area contributed by atoms with Crippen LogP contribution in [-0.2, 0) is 23.7 Å². The van der Waals surface area contributed by atoms with Crippen molar-refractivity contribution >= 4 is 0 Å². The number of aliphatic hydroxyl groups excluding tert-OH is 8. The van der Waals surface area contributed by atoms with Crippen LogP contribution in [0.5, 0.6) is 0 Å². The molecule has 0 aromatic heterocycles. The van der Waals surface area contributed by atoms with Crippen LogP contribution in [0.25, 0.3) is 0 Å². The van der Waals surface area contributed by atoms with Crippen molar-refractivity contribution in [3.05, 3.63) is 0 Å². The van der Waals surface area contributed by atoms with Gasteiger partial charge in [0.1, 0.15) is 54.9 Å². The molecule has 13 heteroatoms. The molecule has 3 aliphatic rings. The van der Waals surface area contributed by atoms with Gasteiger partial charge in [-0.3, -0.25) is 0 Å². The average Bonchev–Trinajstić information content (AvgIpc) is 2.72. The molecule has 0 aromatic carbocycles. The van der Waals surface area contributed by atoms with Crippen LogP contribution in [0.2, 0.25) is 0 Å². The lowest BCUT2D eigenvalue weighted by Gasteiger charge is -2.47. The van der Waals surface area contributed by atoms with Gasteiger partial charge in [0.05, 0.1) is 18.3 Å². The largest absolute Gasteiger partial charge is 0.388 e. The van der Waals surface area contributed by atoms with Crippen molar-refractivity contribution in [2.75, 3.05) is 0 Å². The Morgan fingerprint density at radius 3 is 1.42 bits per heavy atom. The van der Waals surface area contributed by atoms with E-state index in [1.165, 1.54) is 20.8 Å². The van der Waals surface area contributed by atoms with Crippen LogP contribution in [0.4, 0.5) is 0 Å². The van der Waals surface area contributed by atoms with E-state index in [2.05, 4.69) is 0 Å². The first-order valence-corrected chi connectivity index (χ1v) is 10.2. The summed E-state index contributed by atoms with van der Waals surface area (Å²) in [7, 11) is 0. The minimum absolute atomic E-state index is 0.864. The highest BCUT2D eigenvalue weighted by Crippen LogP contribution is 2.31. The minimum atomic E-state index is -1.67. The van der Waals surface area contributed by atoms with Crippen LogP contribution in [0.1, 0.15) is 20.8 Å². The molecule has 3 rings (SSSR count). The fraction of sp³-hybridized carbons (Fsp3) is 1.00. The van der Waals surface area contributed by atoms with E-state index in [9.17, 15) is 40.9 Å². The quantitative estimate of drug-likeness (QED) is 0.201. The third kappa shape index (κ3) is 4.89. The maximum Gasteiger partial charge on any atom is 0.187 e. The number of aliphatic hydroxyl groups is 8. The van der Waals surface area contributed by atoms with Gasteiger partial charge in [-0.05, 0) is 20.8 Å². The first-order valence-electron chi connectivity index (χ1n) is 10.2. The van der Waals surface area contributed by atoms with Crippen molar-refractivity contribution in [3.8, 4) is 0 Å². The van der Waals surface area contributed by atoms with Crippen LogP contribution < -0.4 is 0 Å². The van der Waals surface area contributed by atoms with Gasteiger partial charge in [-0.2, -0.15) is 0 Å². The van der Waals surface area contributed by atoms with E-state index in [1.54, 1.807) is 0 Å². The second-order valence-corrected chi connectivity index (χ2v) is 8.29. The highest BCUT2D eigenvalue weighted by molar-refractivity contribution is 4.94. The summed E-state index contributed by atoms with van der Waals surface area (Å²) in [5.74, 6) is 0. The Morgan fingerprint density at radius 1 is 0.452 bits per heavy atom. The lowest BCUT2D eigenvalue weighted by Crippen LogP contribution is -2.65. The van der Waals surface area contributed by atoms with E-state index < -0.39 is 92.1 Å². The Balaban J connectivity index is 1.65. The van der Waals surface area contributed by atoms with E-state index in [4.69, 9.17) is 23.7 Å². The normalized spacial score (nSPS) is 56.4.